The number of hydrogen-bond acceptors (Lipinski definition) is 1. The fourth-order valence-corrected chi connectivity index (χ4v) is 2.44. The highest BCUT2D eigenvalue weighted by Crippen LogP contribution is 2.35. The van der Waals surface area contributed by atoms with Crippen LogP contribution < -0.4 is 0 Å². The largest absolute Gasteiger partial charge is 0.478 e. The van der Waals surface area contributed by atoms with Crippen LogP contribution in [0.25, 0.3) is 5.57 Å². The van der Waals surface area contributed by atoms with Crippen molar-refractivity contribution in [3.63, 3.8) is 0 Å². The predicted molar refractivity (Wildman–Crippen MR) is 64.2 cm³/mol. The van der Waals surface area contributed by atoms with Crippen LogP contribution in [0.1, 0.15) is 31.4 Å². The lowest BCUT2D eigenvalue weighted by Gasteiger charge is -2.24. The zero-order chi connectivity index (χ0) is 11.7. The van der Waals surface area contributed by atoms with Crippen LogP contribution in [0.2, 0.25) is 0 Å². The van der Waals surface area contributed by atoms with Crippen molar-refractivity contribution in [2.24, 2.45) is 5.92 Å². The molecule has 0 atom stereocenters. The number of fused-ring (bicyclic) bond motifs is 1. The molecule has 1 aliphatic carbocycles. The molecule has 1 aliphatic rings. The number of hydrogen-bond donors (Lipinski definition) is 1. The van der Waals surface area contributed by atoms with E-state index in [0.29, 0.717) is 12.0 Å². The van der Waals surface area contributed by atoms with Crippen LogP contribution in [0.3, 0.4) is 0 Å². The zero-order valence-electron chi connectivity index (χ0n) is 9.66. The molecule has 0 aliphatic heterocycles. The first-order valence-electron chi connectivity index (χ1n) is 5.66. The predicted octanol–water partition coefficient (Wildman–Crippen LogP) is 3.13. The molecule has 0 saturated heterocycles. The second kappa shape index (κ2) is 4.12. The summed E-state index contributed by atoms with van der Waals surface area (Å²) in [5.74, 6) is -0.509. The molecule has 0 unspecified atom stereocenters. The van der Waals surface area contributed by atoms with E-state index in [1.54, 1.807) is 0 Å². The van der Waals surface area contributed by atoms with Crippen LogP contribution in [-0.2, 0) is 11.2 Å². The number of benzene rings is 1. The van der Waals surface area contributed by atoms with Gasteiger partial charge in [-0.3, -0.25) is 0 Å². The first kappa shape index (κ1) is 10.9. The van der Waals surface area contributed by atoms with Gasteiger partial charge < -0.3 is 5.11 Å². The van der Waals surface area contributed by atoms with E-state index in [1.165, 1.54) is 5.56 Å². The average molecular weight is 216 g/mol. The molecule has 0 bridgehead atoms. The molecule has 0 fully saturated rings. The number of aliphatic carboxylic acids is 1. The van der Waals surface area contributed by atoms with E-state index in [4.69, 9.17) is 0 Å². The lowest BCUT2D eigenvalue weighted by Crippen LogP contribution is -2.14. The fraction of sp³-hybridized carbons (Fsp3) is 0.357. The summed E-state index contributed by atoms with van der Waals surface area (Å²) in [5, 5.41) is 9.23. The van der Waals surface area contributed by atoms with Crippen molar-refractivity contribution in [1.82, 2.24) is 0 Å². The van der Waals surface area contributed by atoms with Crippen LogP contribution >= 0.6 is 0 Å². The maximum atomic E-state index is 11.2. The minimum Gasteiger partial charge on any atom is -0.478 e. The van der Waals surface area contributed by atoms with Gasteiger partial charge in [-0.15, -0.1) is 0 Å². The molecule has 0 saturated carbocycles. The van der Waals surface area contributed by atoms with Gasteiger partial charge in [0.05, 0.1) is 0 Å². The van der Waals surface area contributed by atoms with E-state index in [-0.39, 0.29) is 5.92 Å². The van der Waals surface area contributed by atoms with Crippen LogP contribution in [0.5, 0.6) is 0 Å². The Labute approximate surface area is 95.6 Å². The molecule has 1 aromatic carbocycles. The van der Waals surface area contributed by atoms with Gasteiger partial charge in [0.15, 0.2) is 0 Å². The summed E-state index contributed by atoms with van der Waals surface area (Å²) in [6.45, 7) is 4.11. The Kier molecular flexibility index (Phi) is 2.82. The smallest absolute Gasteiger partial charge is 0.331 e. The molecular weight excluding hydrogens is 200 g/mol. The Bertz CT molecular complexity index is 456. The van der Waals surface area contributed by atoms with Crippen LogP contribution in [-0.4, -0.2) is 11.1 Å². The number of rotatable bonds is 2. The van der Waals surface area contributed by atoms with E-state index < -0.39 is 5.97 Å². The molecule has 0 amide bonds. The summed E-state index contributed by atoms with van der Waals surface area (Å²) in [7, 11) is 0. The SMILES string of the molecule is CC(C)C1=C(C(=O)O)CCc2ccccc21. The molecule has 84 valence electrons. The van der Waals surface area contributed by atoms with Crippen molar-refractivity contribution >= 4 is 11.5 Å². The van der Waals surface area contributed by atoms with Gasteiger partial charge in [-0.2, -0.15) is 0 Å². The summed E-state index contributed by atoms with van der Waals surface area (Å²) >= 11 is 0. The Hall–Kier alpha value is -1.57. The highest BCUT2D eigenvalue weighted by atomic mass is 16.4. The zero-order valence-corrected chi connectivity index (χ0v) is 9.66. The normalized spacial score (nSPS) is 15.2. The van der Waals surface area contributed by atoms with Crippen LogP contribution in [0.4, 0.5) is 0 Å². The van der Waals surface area contributed by atoms with Gasteiger partial charge in [-0.05, 0) is 35.5 Å². The molecule has 0 aromatic heterocycles. The van der Waals surface area contributed by atoms with Crippen LogP contribution in [0, 0.1) is 5.92 Å². The first-order valence-corrected chi connectivity index (χ1v) is 5.66. The molecule has 0 radical (unpaired) electrons. The van der Waals surface area contributed by atoms with E-state index >= 15 is 0 Å². The van der Waals surface area contributed by atoms with Crippen molar-refractivity contribution in [3.05, 3.63) is 41.0 Å². The number of carboxylic acid groups (broad SMARTS) is 1. The number of carbonyl (C=O) groups is 1. The summed E-state index contributed by atoms with van der Waals surface area (Å²) in [4.78, 5) is 11.2. The lowest BCUT2D eigenvalue weighted by atomic mass is 9.80. The van der Waals surface area contributed by atoms with E-state index in [2.05, 4.69) is 19.9 Å². The van der Waals surface area contributed by atoms with Crippen molar-refractivity contribution in [1.29, 1.82) is 0 Å². The van der Waals surface area contributed by atoms with E-state index in [1.807, 2.05) is 18.2 Å². The highest BCUT2D eigenvalue weighted by molar-refractivity contribution is 5.98. The molecule has 2 heteroatoms. The fourth-order valence-electron chi connectivity index (χ4n) is 2.44. The third kappa shape index (κ3) is 1.75. The average Bonchev–Trinajstić information content (AvgIpc) is 2.27. The lowest BCUT2D eigenvalue weighted by molar-refractivity contribution is -0.132. The summed E-state index contributed by atoms with van der Waals surface area (Å²) in [6.07, 6.45) is 1.49. The van der Waals surface area contributed by atoms with E-state index in [9.17, 15) is 9.90 Å². The number of allylic oxidation sites excluding steroid dienone is 1. The molecule has 1 N–H and O–H groups in total. The Morgan fingerprint density at radius 3 is 2.56 bits per heavy atom. The summed E-state index contributed by atoms with van der Waals surface area (Å²) in [6, 6.07) is 8.12. The summed E-state index contributed by atoms with van der Waals surface area (Å²) in [5.41, 5.74) is 4.00. The first-order chi connectivity index (χ1) is 7.61. The van der Waals surface area contributed by atoms with Gasteiger partial charge in [0.2, 0.25) is 0 Å². The Balaban J connectivity index is 2.62. The molecule has 1 aromatic rings. The Morgan fingerprint density at radius 2 is 1.94 bits per heavy atom. The molecular formula is C14H16O2. The quantitative estimate of drug-likeness (QED) is 0.824. The van der Waals surface area contributed by atoms with Gasteiger partial charge >= 0.3 is 5.97 Å². The highest BCUT2D eigenvalue weighted by Gasteiger charge is 2.24. The Morgan fingerprint density at radius 1 is 1.25 bits per heavy atom. The second-order valence-electron chi connectivity index (χ2n) is 4.51. The van der Waals surface area contributed by atoms with Gasteiger partial charge in [-0.25, -0.2) is 4.79 Å². The van der Waals surface area contributed by atoms with Gasteiger partial charge in [0, 0.05) is 5.57 Å². The molecule has 2 rings (SSSR count). The molecule has 2 nitrogen and oxygen atoms in total. The van der Waals surface area contributed by atoms with Crippen molar-refractivity contribution in [3.8, 4) is 0 Å². The monoisotopic (exact) mass is 216 g/mol. The van der Waals surface area contributed by atoms with Gasteiger partial charge in [0.1, 0.15) is 0 Å². The minimum absolute atomic E-state index is 0.257. The maximum Gasteiger partial charge on any atom is 0.331 e. The third-order valence-electron chi connectivity index (χ3n) is 3.11. The number of carboxylic acids is 1. The summed E-state index contributed by atoms with van der Waals surface area (Å²) < 4.78 is 0. The van der Waals surface area contributed by atoms with Crippen LogP contribution in [0.15, 0.2) is 29.8 Å². The van der Waals surface area contributed by atoms with Crippen molar-refractivity contribution in [2.45, 2.75) is 26.7 Å². The molecule has 0 heterocycles. The number of aryl methyl sites for hydroxylation is 1. The van der Waals surface area contributed by atoms with Crippen molar-refractivity contribution < 1.29 is 9.90 Å². The van der Waals surface area contributed by atoms with Gasteiger partial charge in [-0.1, -0.05) is 38.1 Å². The topological polar surface area (TPSA) is 37.3 Å². The van der Waals surface area contributed by atoms with E-state index in [0.717, 1.165) is 17.6 Å². The standard InChI is InChI=1S/C14H16O2/c1-9(2)13-11-6-4-3-5-10(11)7-8-12(13)14(15)16/h3-6,9H,7-8H2,1-2H3,(H,15,16). The maximum absolute atomic E-state index is 11.2. The second-order valence-corrected chi connectivity index (χ2v) is 4.51. The van der Waals surface area contributed by atoms with Crippen molar-refractivity contribution in [2.75, 3.05) is 0 Å². The minimum atomic E-state index is -0.766. The molecule has 0 spiro atoms. The molecule has 16 heavy (non-hydrogen) atoms. The third-order valence-corrected chi connectivity index (χ3v) is 3.11. The van der Waals surface area contributed by atoms with Gasteiger partial charge in [0.25, 0.3) is 0 Å².